The molecule has 8 heteroatoms. The van der Waals surface area contributed by atoms with Crippen molar-refractivity contribution in [1.29, 1.82) is 0 Å². The third-order valence-electron chi connectivity index (χ3n) is 4.99. The summed E-state index contributed by atoms with van der Waals surface area (Å²) in [5.74, 6) is 1.22. The minimum absolute atomic E-state index is 0.175. The number of nitrogens with zero attached hydrogens (tertiary/aromatic N) is 2. The average molecular weight is 421 g/mol. The number of rotatable bonds is 6. The minimum atomic E-state index is -0.378. The fraction of sp³-hybridized carbons (Fsp3) is 0.261. The molecule has 8 nitrogen and oxygen atoms in total. The summed E-state index contributed by atoms with van der Waals surface area (Å²) in [7, 11) is 0. The Kier molecular flexibility index (Phi) is 5.99. The van der Waals surface area contributed by atoms with Gasteiger partial charge in [-0.05, 0) is 19.1 Å². The maximum atomic E-state index is 13.1. The van der Waals surface area contributed by atoms with Crippen LogP contribution in [0, 0.1) is 6.92 Å². The first-order valence-corrected chi connectivity index (χ1v) is 10.0. The number of aliphatic hydroxyl groups excluding tert-OH is 1. The summed E-state index contributed by atoms with van der Waals surface area (Å²) in [6.45, 7) is 2.27. The first-order valence-electron chi connectivity index (χ1n) is 10.0. The summed E-state index contributed by atoms with van der Waals surface area (Å²) >= 11 is 0. The van der Waals surface area contributed by atoms with Crippen LogP contribution in [0.1, 0.15) is 11.3 Å². The summed E-state index contributed by atoms with van der Waals surface area (Å²) in [5, 5.41) is 12.1. The zero-order valence-electron chi connectivity index (χ0n) is 17.1. The van der Waals surface area contributed by atoms with E-state index in [0.717, 1.165) is 5.56 Å². The van der Waals surface area contributed by atoms with Crippen LogP contribution in [0.15, 0.2) is 53.3 Å². The van der Waals surface area contributed by atoms with Gasteiger partial charge in [-0.25, -0.2) is 4.98 Å². The van der Waals surface area contributed by atoms with Gasteiger partial charge >= 0.3 is 0 Å². The van der Waals surface area contributed by atoms with Gasteiger partial charge in [-0.1, -0.05) is 30.3 Å². The standard InChI is InChI=1S/C23H23N3O5/c1-15-18(9-10-27)23(29)26(22(24-15)16-5-3-2-4-6-16)14-21(28)25-17-7-8-19-20(13-17)31-12-11-30-19/h2-8,13,27H,9-12,14H2,1H3,(H,25,28). The van der Waals surface area contributed by atoms with Gasteiger partial charge in [-0.3, -0.25) is 14.2 Å². The van der Waals surface area contributed by atoms with Crippen molar-refractivity contribution in [3.8, 4) is 22.9 Å². The van der Waals surface area contributed by atoms with Gasteiger partial charge in [-0.2, -0.15) is 0 Å². The van der Waals surface area contributed by atoms with Crippen molar-refractivity contribution in [2.24, 2.45) is 0 Å². The number of ether oxygens (including phenoxy) is 2. The van der Waals surface area contributed by atoms with Gasteiger partial charge in [0.05, 0.1) is 0 Å². The van der Waals surface area contributed by atoms with Crippen molar-refractivity contribution in [3.05, 3.63) is 70.1 Å². The minimum Gasteiger partial charge on any atom is -0.486 e. The molecule has 1 aliphatic rings. The van der Waals surface area contributed by atoms with Crippen molar-refractivity contribution in [2.75, 3.05) is 25.1 Å². The lowest BCUT2D eigenvalue weighted by molar-refractivity contribution is -0.116. The average Bonchev–Trinajstić information content (AvgIpc) is 2.79. The van der Waals surface area contributed by atoms with Crippen LogP contribution in [0.25, 0.3) is 11.4 Å². The second-order valence-corrected chi connectivity index (χ2v) is 7.14. The lowest BCUT2D eigenvalue weighted by Crippen LogP contribution is -2.33. The topological polar surface area (TPSA) is 103 Å². The highest BCUT2D eigenvalue weighted by molar-refractivity contribution is 5.91. The zero-order chi connectivity index (χ0) is 21.8. The van der Waals surface area contributed by atoms with Crippen molar-refractivity contribution < 1.29 is 19.4 Å². The Hall–Kier alpha value is -3.65. The highest BCUT2D eigenvalue weighted by atomic mass is 16.6. The molecule has 0 spiro atoms. The molecule has 0 fully saturated rings. The monoisotopic (exact) mass is 421 g/mol. The van der Waals surface area contributed by atoms with Gasteiger partial charge in [0.25, 0.3) is 5.56 Å². The number of fused-ring (bicyclic) bond motifs is 1. The Morgan fingerprint density at radius 2 is 1.87 bits per heavy atom. The second kappa shape index (κ2) is 9.01. The van der Waals surface area contributed by atoms with Crippen LogP contribution in [0.5, 0.6) is 11.5 Å². The number of aromatic nitrogens is 2. The number of carbonyl (C=O) groups is 1. The summed E-state index contributed by atoms with van der Waals surface area (Å²) < 4.78 is 12.4. The number of benzene rings is 2. The lowest BCUT2D eigenvalue weighted by atomic mass is 10.1. The molecule has 0 aliphatic carbocycles. The van der Waals surface area contributed by atoms with Crippen LogP contribution < -0.4 is 20.3 Å². The second-order valence-electron chi connectivity index (χ2n) is 7.14. The molecule has 0 radical (unpaired) electrons. The highest BCUT2D eigenvalue weighted by Gasteiger charge is 2.18. The molecule has 4 rings (SSSR count). The number of nitrogens with one attached hydrogen (secondary N) is 1. The molecule has 0 unspecified atom stereocenters. The first-order chi connectivity index (χ1) is 15.1. The van der Waals surface area contributed by atoms with E-state index in [1.54, 1.807) is 25.1 Å². The molecular weight excluding hydrogens is 398 g/mol. The van der Waals surface area contributed by atoms with Crippen molar-refractivity contribution in [3.63, 3.8) is 0 Å². The maximum Gasteiger partial charge on any atom is 0.257 e. The van der Waals surface area contributed by atoms with E-state index < -0.39 is 0 Å². The third-order valence-corrected chi connectivity index (χ3v) is 4.99. The van der Waals surface area contributed by atoms with E-state index in [0.29, 0.717) is 47.5 Å². The fourth-order valence-electron chi connectivity index (χ4n) is 3.52. The Morgan fingerprint density at radius 3 is 2.61 bits per heavy atom. The third kappa shape index (κ3) is 4.44. The maximum absolute atomic E-state index is 13.1. The summed E-state index contributed by atoms with van der Waals surface area (Å²) in [6, 6.07) is 14.4. The molecular formula is C23H23N3O5. The Morgan fingerprint density at radius 1 is 1.13 bits per heavy atom. The quantitative estimate of drug-likeness (QED) is 0.632. The van der Waals surface area contributed by atoms with Crippen LogP contribution in [0.4, 0.5) is 5.69 Å². The molecule has 0 saturated carbocycles. The van der Waals surface area contributed by atoms with Crippen molar-refractivity contribution >= 4 is 11.6 Å². The van der Waals surface area contributed by atoms with Gasteiger partial charge in [0.2, 0.25) is 5.91 Å². The van der Waals surface area contributed by atoms with Crippen molar-refractivity contribution in [2.45, 2.75) is 19.9 Å². The summed E-state index contributed by atoms with van der Waals surface area (Å²) in [5.41, 5.74) is 1.87. The molecule has 1 amide bonds. The first kappa shape index (κ1) is 20.6. The van der Waals surface area contributed by atoms with Gasteiger partial charge in [0, 0.05) is 41.6 Å². The SMILES string of the molecule is Cc1nc(-c2ccccc2)n(CC(=O)Nc2ccc3c(c2)OCCO3)c(=O)c1CCO. The van der Waals surface area contributed by atoms with Crippen molar-refractivity contribution in [1.82, 2.24) is 9.55 Å². The van der Waals surface area contributed by atoms with Gasteiger partial charge in [0.15, 0.2) is 11.5 Å². The molecule has 2 N–H and O–H groups in total. The number of hydrogen-bond acceptors (Lipinski definition) is 6. The van der Waals surface area contributed by atoms with Gasteiger partial charge in [0.1, 0.15) is 25.6 Å². The zero-order valence-corrected chi connectivity index (χ0v) is 17.1. The van der Waals surface area contributed by atoms with Crippen LogP contribution in [0.2, 0.25) is 0 Å². The Bertz CT molecular complexity index is 1160. The van der Waals surface area contributed by atoms with Gasteiger partial charge < -0.3 is 19.9 Å². The van der Waals surface area contributed by atoms with Crippen LogP contribution in [-0.4, -0.2) is 40.4 Å². The number of anilines is 1. The normalized spacial score (nSPS) is 12.5. The van der Waals surface area contributed by atoms with Crippen LogP contribution in [-0.2, 0) is 17.8 Å². The predicted octanol–water partition coefficient (Wildman–Crippen LogP) is 2.16. The Labute approximate surface area is 179 Å². The van der Waals surface area contributed by atoms with E-state index >= 15 is 0 Å². The van der Waals surface area contributed by atoms with E-state index in [9.17, 15) is 14.7 Å². The predicted molar refractivity (Wildman–Crippen MR) is 116 cm³/mol. The molecule has 0 saturated heterocycles. The number of amides is 1. The van der Waals surface area contributed by atoms with Gasteiger partial charge in [-0.15, -0.1) is 0 Å². The number of hydrogen-bond donors (Lipinski definition) is 2. The van der Waals surface area contributed by atoms with E-state index in [1.165, 1.54) is 4.57 Å². The van der Waals surface area contributed by atoms with E-state index in [1.807, 2.05) is 30.3 Å². The number of carbonyl (C=O) groups excluding carboxylic acids is 1. The molecule has 2 heterocycles. The molecule has 3 aromatic rings. The molecule has 0 atom stereocenters. The fourth-order valence-corrected chi connectivity index (χ4v) is 3.52. The van der Waals surface area contributed by atoms with E-state index in [-0.39, 0.29) is 31.0 Å². The molecule has 160 valence electrons. The molecule has 31 heavy (non-hydrogen) atoms. The highest BCUT2D eigenvalue weighted by Crippen LogP contribution is 2.32. The van der Waals surface area contributed by atoms with Crippen LogP contribution >= 0.6 is 0 Å². The number of aryl methyl sites for hydroxylation is 1. The Balaban J connectivity index is 1.65. The van der Waals surface area contributed by atoms with Crippen LogP contribution in [0.3, 0.4) is 0 Å². The summed E-state index contributed by atoms with van der Waals surface area (Å²) in [4.78, 5) is 30.5. The van der Waals surface area contributed by atoms with E-state index in [4.69, 9.17) is 9.47 Å². The largest absolute Gasteiger partial charge is 0.486 e. The summed E-state index contributed by atoms with van der Waals surface area (Å²) in [6.07, 6.45) is 0.177. The molecule has 2 aromatic carbocycles. The smallest absolute Gasteiger partial charge is 0.257 e. The molecule has 1 aromatic heterocycles. The molecule has 0 bridgehead atoms. The molecule has 1 aliphatic heterocycles. The number of aliphatic hydroxyl groups is 1. The lowest BCUT2D eigenvalue weighted by Gasteiger charge is -2.19. The van der Waals surface area contributed by atoms with E-state index in [2.05, 4.69) is 10.3 Å².